The van der Waals surface area contributed by atoms with Crippen LogP contribution in [-0.4, -0.2) is 61.9 Å². The monoisotopic (exact) mass is 738 g/mol. The Bertz CT molecular complexity index is 1430. The van der Waals surface area contributed by atoms with E-state index >= 15 is 0 Å². The Morgan fingerprint density at radius 3 is 1.50 bits per heavy atom. The lowest BCUT2D eigenvalue weighted by molar-refractivity contribution is -0.175. The first-order chi connectivity index (χ1) is 23.1. The van der Waals surface area contributed by atoms with Gasteiger partial charge in [-0.3, -0.25) is 10.6 Å². The van der Waals surface area contributed by atoms with Crippen LogP contribution in [0.1, 0.15) is 75.3 Å². The zero-order valence-electron chi connectivity index (χ0n) is 27.1. The third-order valence-corrected chi connectivity index (χ3v) is 12.0. The zero-order chi connectivity index (χ0) is 34.1. The summed E-state index contributed by atoms with van der Waals surface area (Å²) in [6.45, 7) is 5.70. The van der Waals surface area contributed by atoms with Gasteiger partial charge in [-0.15, -0.1) is 0 Å². The van der Waals surface area contributed by atoms with Crippen LogP contribution in [0.5, 0.6) is 0 Å². The van der Waals surface area contributed by atoms with E-state index in [1.807, 2.05) is 38.1 Å². The van der Waals surface area contributed by atoms with Gasteiger partial charge in [-0.05, 0) is 86.8 Å². The quantitative estimate of drug-likeness (QED) is 0.168. The van der Waals surface area contributed by atoms with Crippen molar-refractivity contribution in [2.75, 3.05) is 26.4 Å². The zero-order valence-corrected chi connectivity index (χ0v) is 30.1. The minimum absolute atomic E-state index is 0.0272. The van der Waals surface area contributed by atoms with E-state index in [4.69, 9.17) is 65.4 Å². The summed E-state index contributed by atoms with van der Waals surface area (Å²) in [5.74, 6) is -1.57. The number of benzene rings is 2. The number of hydrogen-bond acceptors (Lipinski definition) is 8. The molecule has 0 saturated carbocycles. The van der Waals surface area contributed by atoms with Crippen molar-refractivity contribution in [3.05, 3.63) is 79.8 Å². The van der Waals surface area contributed by atoms with Gasteiger partial charge >= 0.3 is 11.9 Å². The van der Waals surface area contributed by atoms with Gasteiger partial charge in [0.15, 0.2) is 11.4 Å². The number of ether oxygens (including phenoxy) is 4. The number of fused-ring (bicyclic) bond motifs is 4. The molecular formula is C36H42Cl4N2O6. The van der Waals surface area contributed by atoms with Crippen LogP contribution < -0.4 is 10.6 Å². The van der Waals surface area contributed by atoms with E-state index in [1.54, 1.807) is 12.1 Å². The highest BCUT2D eigenvalue weighted by atomic mass is 35.5. The van der Waals surface area contributed by atoms with Gasteiger partial charge < -0.3 is 18.9 Å². The number of piperidine rings is 2. The molecule has 4 aliphatic rings. The van der Waals surface area contributed by atoms with Crippen LogP contribution >= 0.6 is 46.4 Å². The van der Waals surface area contributed by atoms with E-state index in [2.05, 4.69) is 10.6 Å². The summed E-state index contributed by atoms with van der Waals surface area (Å²) in [5.41, 5.74) is 0.130. The third kappa shape index (κ3) is 7.42. The SMILES string of the molecule is CCOC[C@H]1[C@H](c2ccc(Cl)c(Cl)c2)C[C@H]2CC[C@@]1(OC(=O)/C=C/C(=O)O[C@@]13CC[C@H](C[C@@H](c4ccc(Cl)c(Cl)c4)[C@@H]1COCC)N3)N2. The molecule has 4 fully saturated rings. The Balaban J connectivity index is 1.18. The molecule has 0 unspecified atom stereocenters. The Hall–Kier alpha value is -1.88. The summed E-state index contributed by atoms with van der Waals surface area (Å²) >= 11 is 25.2. The van der Waals surface area contributed by atoms with Gasteiger partial charge in [0.25, 0.3) is 0 Å². The number of hydrogen-bond donors (Lipinski definition) is 2. The summed E-state index contributed by atoms with van der Waals surface area (Å²) in [7, 11) is 0. The molecule has 4 heterocycles. The predicted octanol–water partition coefficient (Wildman–Crippen LogP) is 7.82. The number of halogens is 4. The molecule has 8 nitrogen and oxygen atoms in total. The summed E-state index contributed by atoms with van der Waals surface area (Å²) < 4.78 is 24.3. The number of carbonyl (C=O) groups is 2. The largest absolute Gasteiger partial charge is 0.440 e. The molecule has 2 aromatic rings. The van der Waals surface area contributed by atoms with Gasteiger partial charge in [-0.2, -0.15) is 0 Å². The van der Waals surface area contributed by atoms with Gasteiger partial charge in [0, 0.05) is 62.1 Å². The van der Waals surface area contributed by atoms with Crippen LogP contribution in [0.2, 0.25) is 20.1 Å². The minimum Gasteiger partial charge on any atom is -0.440 e. The number of nitrogens with one attached hydrogen (secondary N) is 2. The molecule has 4 aliphatic heterocycles. The minimum atomic E-state index is -0.960. The molecule has 48 heavy (non-hydrogen) atoms. The maximum absolute atomic E-state index is 13.4. The number of esters is 2. The molecule has 0 spiro atoms. The van der Waals surface area contributed by atoms with Crippen molar-refractivity contribution in [1.29, 1.82) is 0 Å². The van der Waals surface area contributed by atoms with Crippen LogP contribution in [0.25, 0.3) is 0 Å². The van der Waals surface area contributed by atoms with Crippen molar-refractivity contribution in [1.82, 2.24) is 10.6 Å². The Kier molecular flexibility index (Phi) is 11.3. The normalized spacial score (nSPS) is 32.5. The molecule has 4 bridgehead atoms. The fourth-order valence-corrected chi connectivity index (χ4v) is 8.99. The first-order valence-electron chi connectivity index (χ1n) is 16.8. The average molecular weight is 741 g/mol. The highest BCUT2D eigenvalue weighted by Crippen LogP contribution is 2.51. The molecule has 0 amide bonds. The average Bonchev–Trinajstić information content (AvgIpc) is 3.58. The molecule has 0 radical (unpaired) electrons. The van der Waals surface area contributed by atoms with Crippen LogP contribution in [0, 0.1) is 11.8 Å². The van der Waals surface area contributed by atoms with E-state index < -0.39 is 23.4 Å². The fraction of sp³-hybridized carbons (Fsp3) is 0.556. The second-order valence-electron chi connectivity index (χ2n) is 13.3. The summed E-state index contributed by atoms with van der Waals surface area (Å²) in [4.78, 5) is 26.8. The van der Waals surface area contributed by atoms with Crippen LogP contribution in [0.4, 0.5) is 0 Å². The summed E-state index contributed by atoms with van der Waals surface area (Å²) in [6, 6.07) is 11.6. The van der Waals surface area contributed by atoms with Crippen LogP contribution in [0.15, 0.2) is 48.6 Å². The second-order valence-corrected chi connectivity index (χ2v) is 14.9. The van der Waals surface area contributed by atoms with Gasteiger partial charge in [0.05, 0.1) is 33.3 Å². The molecule has 6 rings (SSSR count). The molecule has 2 aromatic carbocycles. The van der Waals surface area contributed by atoms with Gasteiger partial charge in [0.2, 0.25) is 0 Å². The van der Waals surface area contributed by atoms with Crippen molar-refractivity contribution in [2.45, 2.75) is 87.7 Å². The highest BCUT2D eigenvalue weighted by molar-refractivity contribution is 6.42. The molecule has 260 valence electrons. The number of carbonyl (C=O) groups excluding carboxylic acids is 2. The molecule has 0 aromatic heterocycles. The lowest BCUT2D eigenvalue weighted by atomic mass is 9.75. The van der Waals surface area contributed by atoms with E-state index in [9.17, 15) is 9.59 Å². The van der Waals surface area contributed by atoms with Gasteiger partial charge in [-0.1, -0.05) is 58.5 Å². The molecule has 12 heteroatoms. The topological polar surface area (TPSA) is 95.1 Å². The number of rotatable bonds is 12. The fourth-order valence-electron chi connectivity index (χ4n) is 8.38. The van der Waals surface area contributed by atoms with Crippen LogP contribution in [-0.2, 0) is 28.5 Å². The van der Waals surface area contributed by atoms with E-state index in [-0.39, 0.29) is 35.8 Å². The second kappa shape index (κ2) is 15.2. The van der Waals surface area contributed by atoms with E-state index in [0.717, 1.165) is 49.0 Å². The lowest BCUT2D eigenvalue weighted by Crippen LogP contribution is -2.59. The molecule has 2 N–H and O–H groups in total. The Morgan fingerprint density at radius 1 is 0.708 bits per heavy atom. The molecule has 4 saturated heterocycles. The first-order valence-corrected chi connectivity index (χ1v) is 18.3. The standard InChI is InChI=1S/C36H42Cl4N2O6/c1-3-45-19-27-25(21-5-7-29(37)31(39)15-21)17-23-11-13-35(27,41-23)47-33(43)9-10-34(44)48-36-14-12-24(42-36)18-26(28(36)20-46-4-2)22-6-8-30(38)32(40)16-22/h5-10,15-16,23-28,41-42H,3-4,11-14,17-20H2,1-2H3/b10-9+/t23-,24-,25+,26+,27+,28+,35+,36+/m1/s1. The van der Waals surface area contributed by atoms with E-state index in [0.29, 0.717) is 59.4 Å². The van der Waals surface area contributed by atoms with Crippen molar-refractivity contribution in [2.24, 2.45) is 11.8 Å². The van der Waals surface area contributed by atoms with E-state index in [1.165, 1.54) is 0 Å². The van der Waals surface area contributed by atoms with Gasteiger partial charge in [0.1, 0.15) is 0 Å². The molecule has 8 atom stereocenters. The molecule has 0 aliphatic carbocycles. The summed E-state index contributed by atoms with van der Waals surface area (Å²) in [5, 5.41) is 9.08. The maximum Gasteiger partial charge on any atom is 0.332 e. The Labute approximate surface area is 302 Å². The smallest absolute Gasteiger partial charge is 0.332 e. The van der Waals surface area contributed by atoms with Gasteiger partial charge in [-0.25, -0.2) is 9.59 Å². The summed E-state index contributed by atoms with van der Waals surface area (Å²) in [6.07, 6.45) is 6.95. The Morgan fingerprint density at radius 2 is 1.12 bits per heavy atom. The first kappa shape index (κ1) is 35.9. The van der Waals surface area contributed by atoms with Crippen LogP contribution in [0.3, 0.4) is 0 Å². The highest BCUT2D eigenvalue weighted by Gasteiger charge is 2.57. The molecular weight excluding hydrogens is 698 g/mol. The predicted molar refractivity (Wildman–Crippen MR) is 187 cm³/mol. The van der Waals surface area contributed by atoms with Crippen molar-refractivity contribution < 1.29 is 28.5 Å². The lowest BCUT2D eigenvalue weighted by Gasteiger charge is -2.46. The van der Waals surface area contributed by atoms with Crippen molar-refractivity contribution in [3.8, 4) is 0 Å². The van der Waals surface area contributed by atoms with Crippen molar-refractivity contribution >= 4 is 58.3 Å². The maximum atomic E-state index is 13.4. The van der Waals surface area contributed by atoms with Crippen molar-refractivity contribution in [3.63, 3.8) is 0 Å². The third-order valence-electron chi connectivity index (χ3n) is 10.5.